The van der Waals surface area contributed by atoms with Crippen LogP contribution in [-0.4, -0.2) is 22.0 Å². The lowest BCUT2D eigenvalue weighted by Crippen LogP contribution is -2.31. The third kappa shape index (κ3) is 3.71. The molecule has 0 fully saturated rings. The van der Waals surface area contributed by atoms with Crippen LogP contribution in [0.1, 0.15) is 23.0 Å². The Balaban J connectivity index is 1.99. The molecule has 2 rings (SSSR count). The third-order valence-corrected chi connectivity index (χ3v) is 3.44. The van der Waals surface area contributed by atoms with E-state index in [1.165, 1.54) is 35.2 Å². The monoisotopic (exact) mass is 323 g/mol. The highest BCUT2D eigenvalue weighted by Crippen LogP contribution is 2.18. The Bertz CT molecular complexity index is 726. The molecule has 0 atom stereocenters. The zero-order chi connectivity index (χ0) is 16.1. The fourth-order valence-electron chi connectivity index (χ4n) is 1.92. The molecule has 0 aliphatic heterocycles. The van der Waals surface area contributed by atoms with Gasteiger partial charge >= 0.3 is 0 Å². The van der Waals surface area contributed by atoms with Gasteiger partial charge in [-0.25, -0.2) is 9.37 Å². The van der Waals surface area contributed by atoms with E-state index < -0.39 is 11.7 Å². The number of aromatic nitrogens is 2. The molecule has 0 radical (unpaired) electrons. The maximum Gasteiger partial charge on any atom is 0.255 e. The Morgan fingerprint density at radius 3 is 2.86 bits per heavy atom. The maximum atomic E-state index is 13.6. The Morgan fingerprint density at radius 2 is 2.23 bits per heavy atom. The zero-order valence-corrected chi connectivity index (χ0v) is 12.7. The van der Waals surface area contributed by atoms with Crippen molar-refractivity contribution in [3.8, 4) is 0 Å². The quantitative estimate of drug-likeness (QED) is 0.915. The Kier molecular flexibility index (Phi) is 5.27. The molecule has 1 aromatic carbocycles. The van der Waals surface area contributed by atoms with E-state index in [0.717, 1.165) is 0 Å². The molecule has 0 aliphatic carbocycles. The van der Waals surface area contributed by atoms with Crippen LogP contribution in [0.15, 0.2) is 35.4 Å². The molecule has 1 amide bonds. The second kappa shape index (κ2) is 7.17. The van der Waals surface area contributed by atoms with Gasteiger partial charge in [0.1, 0.15) is 5.82 Å². The van der Waals surface area contributed by atoms with Crippen molar-refractivity contribution >= 4 is 17.5 Å². The van der Waals surface area contributed by atoms with Crippen LogP contribution in [-0.2, 0) is 13.0 Å². The number of nitrogens with one attached hydrogen (secondary N) is 1. The van der Waals surface area contributed by atoms with Gasteiger partial charge in [-0.15, -0.1) is 0 Å². The highest BCUT2D eigenvalue weighted by atomic mass is 35.5. The van der Waals surface area contributed by atoms with Crippen molar-refractivity contribution in [2.75, 3.05) is 6.54 Å². The van der Waals surface area contributed by atoms with E-state index in [1.807, 2.05) is 6.92 Å². The highest BCUT2D eigenvalue weighted by molar-refractivity contribution is 6.33. The second-order valence-electron chi connectivity index (χ2n) is 4.62. The number of aryl methyl sites for hydroxylation is 1. The van der Waals surface area contributed by atoms with Gasteiger partial charge in [-0.3, -0.25) is 14.2 Å². The van der Waals surface area contributed by atoms with Gasteiger partial charge in [-0.05, 0) is 18.6 Å². The van der Waals surface area contributed by atoms with Crippen LogP contribution < -0.4 is 10.9 Å². The van der Waals surface area contributed by atoms with E-state index in [-0.39, 0.29) is 29.2 Å². The van der Waals surface area contributed by atoms with E-state index in [1.54, 1.807) is 0 Å². The first-order valence-electron chi connectivity index (χ1n) is 6.80. The first-order chi connectivity index (χ1) is 10.5. The van der Waals surface area contributed by atoms with Gasteiger partial charge < -0.3 is 5.32 Å². The first kappa shape index (κ1) is 16.2. The fourth-order valence-corrected chi connectivity index (χ4v) is 2.17. The molecular weight excluding hydrogens is 309 g/mol. The summed E-state index contributed by atoms with van der Waals surface area (Å²) in [5, 5.41) is 2.58. The maximum absolute atomic E-state index is 13.6. The predicted octanol–water partition coefficient (Wildman–Crippen LogP) is 2.03. The van der Waals surface area contributed by atoms with Crippen molar-refractivity contribution < 1.29 is 9.18 Å². The van der Waals surface area contributed by atoms with Crippen LogP contribution in [0.5, 0.6) is 0 Å². The van der Waals surface area contributed by atoms with Gasteiger partial charge in [-0.1, -0.05) is 24.6 Å². The SMILES string of the molecule is CCc1cc(=O)n(CCNC(=O)c2c(F)cccc2Cl)cn1. The lowest BCUT2D eigenvalue weighted by molar-refractivity contribution is 0.0948. The van der Waals surface area contributed by atoms with Gasteiger partial charge in [-0.2, -0.15) is 0 Å². The van der Waals surface area contributed by atoms with Crippen molar-refractivity contribution in [2.24, 2.45) is 0 Å². The summed E-state index contributed by atoms with van der Waals surface area (Å²) in [5.41, 5.74) is 0.324. The topological polar surface area (TPSA) is 64.0 Å². The molecule has 0 spiro atoms. The molecule has 5 nitrogen and oxygen atoms in total. The highest BCUT2D eigenvalue weighted by Gasteiger charge is 2.15. The van der Waals surface area contributed by atoms with Crippen LogP contribution in [0, 0.1) is 5.82 Å². The van der Waals surface area contributed by atoms with Crippen molar-refractivity contribution in [3.63, 3.8) is 0 Å². The van der Waals surface area contributed by atoms with Crippen molar-refractivity contribution in [1.82, 2.24) is 14.9 Å². The second-order valence-corrected chi connectivity index (χ2v) is 5.03. The number of hydrogen-bond donors (Lipinski definition) is 1. The molecule has 7 heteroatoms. The lowest BCUT2D eigenvalue weighted by atomic mass is 10.2. The zero-order valence-electron chi connectivity index (χ0n) is 12.0. The minimum atomic E-state index is -0.684. The Hall–Kier alpha value is -2.21. The summed E-state index contributed by atoms with van der Waals surface area (Å²) in [6.07, 6.45) is 2.11. The number of benzene rings is 1. The number of carbonyl (C=O) groups is 1. The molecule has 1 aromatic heterocycles. The van der Waals surface area contributed by atoms with Crippen molar-refractivity contribution in [3.05, 3.63) is 63.0 Å². The number of hydrogen-bond acceptors (Lipinski definition) is 3. The fraction of sp³-hybridized carbons (Fsp3) is 0.267. The summed E-state index contributed by atoms with van der Waals surface area (Å²) in [5.74, 6) is -1.30. The van der Waals surface area contributed by atoms with Crippen LogP contribution in [0.3, 0.4) is 0 Å². The molecule has 22 heavy (non-hydrogen) atoms. The number of amides is 1. The molecular formula is C15H15ClFN3O2. The van der Waals surface area contributed by atoms with Crippen LogP contribution in [0.4, 0.5) is 4.39 Å². The largest absolute Gasteiger partial charge is 0.350 e. The predicted molar refractivity (Wildman–Crippen MR) is 81.6 cm³/mol. The summed E-state index contributed by atoms with van der Waals surface area (Å²) in [6.45, 7) is 2.31. The standard InChI is InChI=1S/C15H15ClFN3O2/c1-2-10-8-13(21)20(9-19-10)7-6-18-15(22)14-11(16)4-3-5-12(14)17/h3-5,8-9H,2,6-7H2,1H3,(H,18,22). The molecule has 1 heterocycles. The molecule has 2 aromatic rings. The normalized spacial score (nSPS) is 10.5. The van der Waals surface area contributed by atoms with Gasteiger partial charge in [0, 0.05) is 24.8 Å². The lowest BCUT2D eigenvalue weighted by Gasteiger charge is -2.09. The van der Waals surface area contributed by atoms with E-state index in [4.69, 9.17) is 11.6 Å². The molecule has 0 unspecified atom stereocenters. The summed E-state index contributed by atoms with van der Waals surface area (Å²) in [7, 11) is 0. The van der Waals surface area contributed by atoms with Gasteiger partial charge in [0.05, 0.1) is 16.9 Å². The van der Waals surface area contributed by atoms with Crippen LogP contribution in [0.2, 0.25) is 5.02 Å². The van der Waals surface area contributed by atoms with Gasteiger partial charge in [0.2, 0.25) is 0 Å². The summed E-state index contributed by atoms with van der Waals surface area (Å²) in [4.78, 5) is 27.8. The molecule has 1 N–H and O–H groups in total. The van der Waals surface area contributed by atoms with E-state index in [9.17, 15) is 14.0 Å². The smallest absolute Gasteiger partial charge is 0.255 e. The summed E-state index contributed by atoms with van der Waals surface area (Å²) in [6, 6.07) is 5.49. The van der Waals surface area contributed by atoms with Crippen LogP contribution >= 0.6 is 11.6 Å². The van der Waals surface area contributed by atoms with Gasteiger partial charge in [0.25, 0.3) is 11.5 Å². The molecule has 0 saturated carbocycles. The van der Waals surface area contributed by atoms with E-state index in [0.29, 0.717) is 12.1 Å². The number of carbonyl (C=O) groups excluding carboxylic acids is 1. The molecule has 0 aliphatic rings. The number of rotatable bonds is 5. The minimum absolute atomic E-state index is 0.0450. The number of halogens is 2. The average molecular weight is 324 g/mol. The molecule has 116 valence electrons. The van der Waals surface area contributed by atoms with E-state index in [2.05, 4.69) is 10.3 Å². The first-order valence-corrected chi connectivity index (χ1v) is 7.18. The third-order valence-electron chi connectivity index (χ3n) is 3.13. The summed E-state index contributed by atoms with van der Waals surface area (Å²) >= 11 is 5.81. The number of nitrogens with zero attached hydrogens (tertiary/aromatic N) is 2. The Morgan fingerprint density at radius 1 is 1.45 bits per heavy atom. The van der Waals surface area contributed by atoms with Crippen molar-refractivity contribution in [2.45, 2.75) is 19.9 Å². The van der Waals surface area contributed by atoms with Gasteiger partial charge in [0.15, 0.2) is 0 Å². The summed E-state index contributed by atoms with van der Waals surface area (Å²) < 4.78 is 15.0. The Labute approximate surface area is 131 Å². The van der Waals surface area contributed by atoms with E-state index >= 15 is 0 Å². The van der Waals surface area contributed by atoms with Crippen molar-refractivity contribution in [1.29, 1.82) is 0 Å². The minimum Gasteiger partial charge on any atom is -0.350 e. The van der Waals surface area contributed by atoms with Crippen LogP contribution in [0.25, 0.3) is 0 Å². The molecule has 0 saturated heterocycles. The average Bonchev–Trinajstić information content (AvgIpc) is 2.48. The molecule has 0 bridgehead atoms.